The Morgan fingerprint density at radius 2 is 2.22 bits per heavy atom. The van der Waals surface area contributed by atoms with Crippen LogP contribution < -0.4 is 10.1 Å². The lowest BCUT2D eigenvalue weighted by Gasteiger charge is -2.25. The molecule has 0 spiro atoms. The van der Waals surface area contributed by atoms with E-state index in [1.165, 1.54) is 12.1 Å². The van der Waals surface area contributed by atoms with Gasteiger partial charge >= 0.3 is 0 Å². The topological polar surface area (TPSA) is 45.0 Å². The van der Waals surface area contributed by atoms with Gasteiger partial charge in [-0.15, -0.1) is 0 Å². The number of nitriles is 1. The van der Waals surface area contributed by atoms with Crippen LogP contribution in [-0.4, -0.2) is 18.2 Å². The number of benzene rings is 1. The molecule has 0 bridgehead atoms. The first-order chi connectivity index (χ1) is 8.45. The van der Waals surface area contributed by atoms with E-state index in [4.69, 9.17) is 10.00 Å². The monoisotopic (exact) mass is 250 g/mol. The summed E-state index contributed by atoms with van der Waals surface area (Å²) in [6.45, 7) is 6.18. The number of halogens is 1. The highest BCUT2D eigenvalue weighted by Crippen LogP contribution is 2.15. The van der Waals surface area contributed by atoms with Crippen LogP contribution in [0, 0.1) is 17.1 Å². The molecule has 98 valence electrons. The lowest BCUT2D eigenvalue weighted by molar-refractivity contribution is 0.259. The van der Waals surface area contributed by atoms with Crippen LogP contribution in [0.2, 0.25) is 0 Å². The van der Waals surface area contributed by atoms with Gasteiger partial charge in [-0.05, 0) is 32.9 Å². The standard InChI is InChI=1S/C14H19FN2O/c1-11(2)17-14(3,10-16)7-8-18-13-6-4-5-12(15)9-13/h4-6,9,11,17H,7-8H2,1-3H3. The maximum absolute atomic E-state index is 12.9. The maximum atomic E-state index is 12.9. The van der Waals surface area contributed by atoms with Crippen LogP contribution in [0.1, 0.15) is 27.2 Å². The summed E-state index contributed by atoms with van der Waals surface area (Å²) in [6.07, 6.45) is 0.540. The van der Waals surface area contributed by atoms with E-state index in [2.05, 4.69) is 11.4 Å². The van der Waals surface area contributed by atoms with Crippen LogP contribution in [0.4, 0.5) is 4.39 Å². The van der Waals surface area contributed by atoms with E-state index in [9.17, 15) is 4.39 Å². The molecular formula is C14H19FN2O. The highest BCUT2D eigenvalue weighted by Gasteiger charge is 2.24. The van der Waals surface area contributed by atoms with Gasteiger partial charge in [0.25, 0.3) is 0 Å². The van der Waals surface area contributed by atoms with Crippen molar-refractivity contribution in [1.82, 2.24) is 5.32 Å². The molecule has 0 aliphatic rings. The average molecular weight is 250 g/mol. The molecule has 0 saturated carbocycles. The van der Waals surface area contributed by atoms with Crippen molar-refractivity contribution in [2.75, 3.05) is 6.61 Å². The first kappa shape index (κ1) is 14.5. The van der Waals surface area contributed by atoms with Gasteiger partial charge in [0.05, 0.1) is 12.7 Å². The number of ether oxygens (including phenoxy) is 1. The summed E-state index contributed by atoms with van der Waals surface area (Å²) in [5.41, 5.74) is -0.624. The highest BCUT2D eigenvalue weighted by atomic mass is 19.1. The Morgan fingerprint density at radius 3 is 2.78 bits per heavy atom. The average Bonchev–Trinajstić information content (AvgIpc) is 2.28. The Labute approximate surface area is 108 Å². The molecule has 18 heavy (non-hydrogen) atoms. The molecule has 0 heterocycles. The zero-order valence-corrected chi connectivity index (χ0v) is 11.0. The quantitative estimate of drug-likeness (QED) is 0.844. The smallest absolute Gasteiger partial charge is 0.126 e. The molecule has 0 radical (unpaired) electrons. The number of nitrogens with zero attached hydrogens (tertiary/aromatic N) is 1. The fourth-order valence-corrected chi connectivity index (χ4v) is 1.73. The lowest BCUT2D eigenvalue weighted by atomic mass is 9.99. The molecule has 1 aromatic carbocycles. The second kappa shape index (κ2) is 6.36. The Morgan fingerprint density at radius 1 is 1.50 bits per heavy atom. The zero-order valence-electron chi connectivity index (χ0n) is 11.0. The minimum Gasteiger partial charge on any atom is -0.493 e. The van der Waals surface area contributed by atoms with Crippen molar-refractivity contribution in [3.8, 4) is 11.8 Å². The highest BCUT2D eigenvalue weighted by molar-refractivity contribution is 5.22. The summed E-state index contributed by atoms with van der Waals surface area (Å²) < 4.78 is 18.4. The Kier molecular flexibility index (Phi) is 5.11. The normalized spacial score (nSPS) is 14.0. The van der Waals surface area contributed by atoms with Gasteiger partial charge in [-0.2, -0.15) is 5.26 Å². The van der Waals surface area contributed by atoms with E-state index in [1.807, 2.05) is 20.8 Å². The molecular weight excluding hydrogens is 231 g/mol. The SMILES string of the molecule is CC(C)NC(C)(C#N)CCOc1cccc(F)c1. The Balaban J connectivity index is 2.47. The molecule has 0 aliphatic carbocycles. The first-order valence-electron chi connectivity index (χ1n) is 6.02. The van der Waals surface area contributed by atoms with E-state index in [1.54, 1.807) is 12.1 Å². The van der Waals surface area contributed by atoms with Gasteiger partial charge < -0.3 is 4.74 Å². The van der Waals surface area contributed by atoms with Gasteiger partial charge in [0.2, 0.25) is 0 Å². The molecule has 1 aromatic rings. The third-order valence-corrected chi connectivity index (χ3v) is 2.52. The van der Waals surface area contributed by atoms with E-state index in [-0.39, 0.29) is 11.9 Å². The van der Waals surface area contributed by atoms with Crippen LogP contribution >= 0.6 is 0 Å². The van der Waals surface area contributed by atoms with Gasteiger partial charge in [0, 0.05) is 18.5 Å². The number of hydrogen-bond donors (Lipinski definition) is 1. The Bertz CT molecular complexity index is 428. The predicted molar refractivity (Wildman–Crippen MR) is 68.8 cm³/mol. The second-order valence-corrected chi connectivity index (χ2v) is 4.80. The maximum Gasteiger partial charge on any atom is 0.126 e. The minimum absolute atomic E-state index is 0.226. The molecule has 0 aliphatic heterocycles. The van der Waals surface area contributed by atoms with Gasteiger partial charge in [-0.3, -0.25) is 5.32 Å². The molecule has 0 saturated heterocycles. The van der Waals surface area contributed by atoms with Crippen molar-refractivity contribution < 1.29 is 9.13 Å². The molecule has 0 amide bonds. The molecule has 3 nitrogen and oxygen atoms in total. The molecule has 1 rings (SSSR count). The van der Waals surface area contributed by atoms with Gasteiger partial charge in [0.1, 0.15) is 17.1 Å². The zero-order chi connectivity index (χ0) is 13.6. The van der Waals surface area contributed by atoms with Crippen LogP contribution in [0.5, 0.6) is 5.75 Å². The van der Waals surface area contributed by atoms with E-state index >= 15 is 0 Å². The van der Waals surface area contributed by atoms with Crippen molar-refractivity contribution in [1.29, 1.82) is 5.26 Å². The summed E-state index contributed by atoms with van der Waals surface area (Å²) in [5.74, 6) is 0.163. The number of nitrogens with one attached hydrogen (secondary N) is 1. The molecule has 1 atom stereocenters. The van der Waals surface area contributed by atoms with Crippen LogP contribution in [-0.2, 0) is 0 Å². The number of rotatable bonds is 6. The van der Waals surface area contributed by atoms with Crippen molar-refractivity contribution in [2.45, 2.75) is 38.8 Å². The molecule has 4 heteroatoms. The van der Waals surface area contributed by atoms with Crippen LogP contribution in [0.3, 0.4) is 0 Å². The molecule has 0 fully saturated rings. The van der Waals surface area contributed by atoms with Crippen molar-refractivity contribution in [3.05, 3.63) is 30.1 Å². The molecule has 1 unspecified atom stereocenters. The van der Waals surface area contributed by atoms with Gasteiger partial charge in [-0.1, -0.05) is 6.07 Å². The third-order valence-electron chi connectivity index (χ3n) is 2.52. The van der Waals surface area contributed by atoms with Crippen LogP contribution in [0.25, 0.3) is 0 Å². The van der Waals surface area contributed by atoms with Crippen molar-refractivity contribution >= 4 is 0 Å². The fraction of sp³-hybridized carbons (Fsp3) is 0.500. The third kappa shape index (κ3) is 4.72. The largest absolute Gasteiger partial charge is 0.493 e. The summed E-state index contributed by atoms with van der Waals surface area (Å²) >= 11 is 0. The number of hydrogen-bond acceptors (Lipinski definition) is 3. The van der Waals surface area contributed by atoms with Gasteiger partial charge in [-0.25, -0.2) is 4.39 Å². The van der Waals surface area contributed by atoms with E-state index in [0.29, 0.717) is 18.8 Å². The molecule has 1 N–H and O–H groups in total. The summed E-state index contributed by atoms with van der Waals surface area (Å²) in [6, 6.07) is 8.46. The summed E-state index contributed by atoms with van der Waals surface area (Å²) in [7, 11) is 0. The Hall–Kier alpha value is -1.60. The first-order valence-corrected chi connectivity index (χ1v) is 6.02. The second-order valence-electron chi connectivity index (χ2n) is 4.80. The summed E-state index contributed by atoms with van der Waals surface area (Å²) in [5, 5.41) is 12.3. The summed E-state index contributed by atoms with van der Waals surface area (Å²) in [4.78, 5) is 0. The van der Waals surface area contributed by atoms with Crippen molar-refractivity contribution in [3.63, 3.8) is 0 Å². The van der Waals surface area contributed by atoms with Crippen molar-refractivity contribution in [2.24, 2.45) is 0 Å². The van der Waals surface area contributed by atoms with Crippen LogP contribution in [0.15, 0.2) is 24.3 Å². The van der Waals surface area contributed by atoms with E-state index in [0.717, 1.165) is 0 Å². The predicted octanol–water partition coefficient (Wildman–Crippen LogP) is 2.87. The molecule has 0 aromatic heterocycles. The van der Waals surface area contributed by atoms with E-state index < -0.39 is 5.54 Å². The van der Waals surface area contributed by atoms with Gasteiger partial charge in [0.15, 0.2) is 0 Å². The lowest BCUT2D eigenvalue weighted by Crippen LogP contribution is -2.45. The minimum atomic E-state index is -0.624. The fourth-order valence-electron chi connectivity index (χ4n) is 1.73.